The first-order valence-corrected chi connectivity index (χ1v) is 6.18. The molecule has 0 aliphatic heterocycles. The summed E-state index contributed by atoms with van der Waals surface area (Å²) in [4.78, 5) is 10.5. The van der Waals surface area contributed by atoms with E-state index in [0.717, 1.165) is 5.56 Å². The molecule has 1 N–H and O–H groups in total. The number of nitrogens with one attached hydrogen (secondary N) is 1. The summed E-state index contributed by atoms with van der Waals surface area (Å²) in [5.41, 5.74) is 0.954. The van der Waals surface area contributed by atoms with Crippen molar-refractivity contribution in [2.75, 3.05) is 19.8 Å². The van der Waals surface area contributed by atoms with Crippen LogP contribution in [0.1, 0.15) is 19.4 Å². The zero-order valence-electron chi connectivity index (χ0n) is 10.9. The van der Waals surface area contributed by atoms with Gasteiger partial charge in [0.15, 0.2) is 0 Å². The zero-order chi connectivity index (χ0) is 13.4. The Morgan fingerprint density at radius 2 is 2.17 bits per heavy atom. The average molecular weight is 252 g/mol. The Kier molecular flexibility index (Phi) is 6.32. The summed E-state index contributed by atoms with van der Waals surface area (Å²) < 4.78 is 5.29. The topological polar surface area (TPSA) is 64.4 Å². The van der Waals surface area contributed by atoms with Crippen molar-refractivity contribution < 1.29 is 9.66 Å². The number of hydrogen-bond acceptors (Lipinski definition) is 4. The fraction of sp³-hybridized carbons (Fsp3) is 0.538. The molecule has 0 aliphatic rings. The van der Waals surface area contributed by atoms with Gasteiger partial charge >= 0.3 is 0 Å². The Balaban J connectivity index is 2.41. The molecule has 0 fully saturated rings. The molecule has 0 aliphatic carbocycles. The molecule has 0 aromatic heterocycles. The molecule has 5 heteroatoms. The smallest absolute Gasteiger partial charge is 0.272 e. The van der Waals surface area contributed by atoms with E-state index in [-0.39, 0.29) is 16.7 Å². The quantitative estimate of drug-likeness (QED) is 0.568. The molecule has 1 unspecified atom stereocenters. The predicted molar refractivity (Wildman–Crippen MR) is 70.8 cm³/mol. The molecule has 1 atom stereocenters. The highest BCUT2D eigenvalue weighted by Gasteiger charge is 2.11. The van der Waals surface area contributed by atoms with Crippen LogP contribution < -0.4 is 5.32 Å². The highest BCUT2D eigenvalue weighted by molar-refractivity contribution is 5.39. The second-order valence-electron chi connectivity index (χ2n) is 4.15. The van der Waals surface area contributed by atoms with Crippen LogP contribution in [0.15, 0.2) is 24.3 Å². The standard InChI is InChI=1S/C13H20N2O3/c1-3-18-10-11(2)14-9-8-12-6-4-5-7-13(12)15(16)17/h4-7,11,14H,3,8-10H2,1-2H3. The molecule has 0 saturated carbocycles. The first-order valence-electron chi connectivity index (χ1n) is 6.18. The zero-order valence-corrected chi connectivity index (χ0v) is 10.9. The largest absolute Gasteiger partial charge is 0.380 e. The van der Waals surface area contributed by atoms with Gasteiger partial charge in [-0.2, -0.15) is 0 Å². The van der Waals surface area contributed by atoms with E-state index in [0.29, 0.717) is 26.2 Å². The van der Waals surface area contributed by atoms with Gasteiger partial charge in [-0.25, -0.2) is 0 Å². The Bertz CT molecular complexity index is 382. The van der Waals surface area contributed by atoms with Gasteiger partial charge in [-0.05, 0) is 26.8 Å². The van der Waals surface area contributed by atoms with Crippen molar-refractivity contribution in [2.45, 2.75) is 26.3 Å². The van der Waals surface area contributed by atoms with Crippen molar-refractivity contribution >= 4 is 5.69 Å². The first-order chi connectivity index (χ1) is 8.65. The van der Waals surface area contributed by atoms with Crippen LogP contribution in [-0.2, 0) is 11.2 Å². The predicted octanol–water partition coefficient (Wildman–Crippen LogP) is 2.15. The summed E-state index contributed by atoms with van der Waals surface area (Å²) in [5.74, 6) is 0. The average Bonchev–Trinajstić information content (AvgIpc) is 2.36. The molecule has 0 spiro atoms. The summed E-state index contributed by atoms with van der Waals surface area (Å²) in [6.07, 6.45) is 0.646. The number of nitro benzene ring substituents is 1. The van der Waals surface area contributed by atoms with Crippen LogP contribution in [0.3, 0.4) is 0 Å². The lowest BCUT2D eigenvalue weighted by atomic mass is 10.1. The summed E-state index contributed by atoms with van der Waals surface area (Å²) in [6, 6.07) is 7.11. The third-order valence-electron chi connectivity index (χ3n) is 2.65. The van der Waals surface area contributed by atoms with Gasteiger partial charge in [0, 0.05) is 24.3 Å². The van der Waals surface area contributed by atoms with E-state index in [2.05, 4.69) is 5.32 Å². The van der Waals surface area contributed by atoms with Crippen LogP contribution in [0.2, 0.25) is 0 Å². The molecule has 1 aromatic rings. The van der Waals surface area contributed by atoms with E-state index in [1.54, 1.807) is 18.2 Å². The summed E-state index contributed by atoms with van der Waals surface area (Å²) >= 11 is 0. The van der Waals surface area contributed by atoms with Crippen LogP contribution in [0.25, 0.3) is 0 Å². The third kappa shape index (κ3) is 4.81. The minimum atomic E-state index is -0.334. The van der Waals surface area contributed by atoms with E-state index in [1.165, 1.54) is 0 Å². The van der Waals surface area contributed by atoms with Crippen molar-refractivity contribution in [3.05, 3.63) is 39.9 Å². The van der Waals surface area contributed by atoms with Crippen LogP contribution in [0, 0.1) is 10.1 Å². The van der Waals surface area contributed by atoms with Gasteiger partial charge in [0.25, 0.3) is 5.69 Å². The summed E-state index contributed by atoms with van der Waals surface area (Å²) in [6.45, 7) is 6.07. The van der Waals surface area contributed by atoms with E-state index in [1.807, 2.05) is 19.9 Å². The lowest BCUT2D eigenvalue weighted by molar-refractivity contribution is -0.385. The molecular formula is C13H20N2O3. The van der Waals surface area contributed by atoms with Crippen LogP contribution in [-0.4, -0.2) is 30.7 Å². The highest BCUT2D eigenvalue weighted by atomic mass is 16.6. The van der Waals surface area contributed by atoms with E-state index < -0.39 is 0 Å². The number of hydrogen-bond donors (Lipinski definition) is 1. The SMILES string of the molecule is CCOCC(C)NCCc1ccccc1[N+](=O)[O-]. The molecule has 1 rings (SSSR count). The number of para-hydroxylation sites is 1. The van der Waals surface area contributed by atoms with Crippen molar-refractivity contribution in [2.24, 2.45) is 0 Å². The fourth-order valence-corrected chi connectivity index (χ4v) is 1.71. The maximum Gasteiger partial charge on any atom is 0.272 e. The van der Waals surface area contributed by atoms with Crippen LogP contribution in [0.4, 0.5) is 5.69 Å². The van der Waals surface area contributed by atoms with Gasteiger partial charge in [-0.15, -0.1) is 0 Å². The maximum absolute atomic E-state index is 10.8. The molecular weight excluding hydrogens is 232 g/mol. The highest BCUT2D eigenvalue weighted by Crippen LogP contribution is 2.17. The second-order valence-corrected chi connectivity index (χ2v) is 4.15. The van der Waals surface area contributed by atoms with E-state index >= 15 is 0 Å². The number of ether oxygens (including phenoxy) is 1. The summed E-state index contributed by atoms with van der Waals surface area (Å²) in [5, 5.41) is 14.1. The van der Waals surface area contributed by atoms with Gasteiger partial charge in [-0.1, -0.05) is 18.2 Å². The Labute approximate surface area is 107 Å². The normalized spacial score (nSPS) is 12.3. The Morgan fingerprint density at radius 3 is 2.83 bits per heavy atom. The second kappa shape index (κ2) is 7.79. The van der Waals surface area contributed by atoms with Crippen LogP contribution in [0.5, 0.6) is 0 Å². The fourth-order valence-electron chi connectivity index (χ4n) is 1.71. The van der Waals surface area contributed by atoms with Crippen molar-refractivity contribution in [3.8, 4) is 0 Å². The van der Waals surface area contributed by atoms with Gasteiger partial charge in [-0.3, -0.25) is 10.1 Å². The molecule has 0 heterocycles. The van der Waals surface area contributed by atoms with Crippen molar-refractivity contribution in [1.29, 1.82) is 0 Å². The molecule has 1 aromatic carbocycles. The molecule has 5 nitrogen and oxygen atoms in total. The van der Waals surface area contributed by atoms with Crippen LogP contribution >= 0.6 is 0 Å². The van der Waals surface area contributed by atoms with E-state index in [4.69, 9.17) is 4.74 Å². The molecule has 18 heavy (non-hydrogen) atoms. The van der Waals surface area contributed by atoms with E-state index in [9.17, 15) is 10.1 Å². The molecule has 0 radical (unpaired) electrons. The maximum atomic E-state index is 10.8. The Hall–Kier alpha value is -1.46. The molecule has 0 amide bonds. The van der Waals surface area contributed by atoms with Crippen molar-refractivity contribution in [3.63, 3.8) is 0 Å². The third-order valence-corrected chi connectivity index (χ3v) is 2.65. The number of rotatable bonds is 8. The molecule has 0 saturated heterocycles. The molecule has 100 valence electrons. The van der Waals surface area contributed by atoms with Gasteiger partial charge < -0.3 is 10.1 Å². The number of nitro groups is 1. The van der Waals surface area contributed by atoms with Gasteiger partial charge in [0.05, 0.1) is 11.5 Å². The van der Waals surface area contributed by atoms with Crippen molar-refractivity contribution in [1.82, 2.24) is 5.32 Å². The lowest BCUT2D eigenvalue weighted by Crippen LogP contribution is -2.32. The number of nitrogens with zero attached hydrogens (tertiary/aromatic N) is 1. The summed E-state index contributed by atoms with van der Waals surface area (Å²) in [7, 11) is 0. The minimum Gasteiger partial charge on any atom is -0.380 e. The van der Waals surface area contributed by atoms with Gasteiger partial charge in [0.1, 0.15) is 0 Å². The molecule has 0 bridgehead atoms. The number of benzene rings is 1. The Morgan fingerprint density at radius 1 is 1.44 bits per heavy atom. The first kappa shape index (κ1) is 14.6. The monoisotopic (exact) mass is 252 g/mol. The minimum absolute atomic E-state index is 0.191. The van der Waals surface area contributed by atoms with Gasteiger partial charge in [0.2, 0.25) is 0 Å². The lowest BCUT2D eigenvalue weighted by Gasteiger charge is -2.13.